The molecule has 0 N–H and O–H groups in total. The van der Waals surface area contributed by atoms with Gasteiger partial charge in [0.05, 0.1) is 34.1 Å². The number of amides is 6. The molecule has 6 amide bonds. The molecule has 12 aromatic rings. The molecule has 28 heteroatoms. The highest BCUT2D eigenvalue weighted by molar-refractivity contribution is 14.1. The number of para-hydroxylation sites is 1. The lowest BCUT2D eigenvalue weighted by atomic mass is 10.1. The standard InChI is InChI=1S/C19H23NO2S.C18H20BrNO2S.C18H20ClNO2S.C18H20FNO2S.C18H20INO2S.C18H21NO2S/c1-13-9-10-18(15(3)11-13)22-12-16-14(2)7-6-8-17(16)20(4)19(21)23-5;4*1-12-8-9-17(13(2)10-12)22-11-14-15(19)6-5-7-16(14)20(3)18(21)23-4;1-13-9-10-17(14(2)11-13)21-12-15-7-5-6-8-16(15)19(3)18(20)22-4/h6-11H,12H2,1-5H3;4*5-10H,11H2,1-4H3;5-11H,12H2,1-4H3. The van der Waals surface area contributed by atoms with Crippen LogP contribution in [0.3, 0.4) is 0 Å². The van der Waals surface area contributed by atoms with E-state index in [4.69, 9.17) is 40.0 Å². The quantitative estimate of drug-likeness (QED) is 0.0521. The van der Waals surface area contributed by atoms with Gasteiger partial charge in [-0.1, -0.05) is 259 Å². The van der Waals surface area contributed by atoms with Gasteiger partial charge in [0.25, 0.3) is 31.4 Å². The zero-order valence-electron chi connectivity index (χ0n) is 82.6. The molecule has 0 aliphatic heterocycles. The van der Waals surface area contributed by atoms with Crippen molar-refractivity contribution in [2.45, 2.75) is 130 Å². The van der Waals surface area contributed by atoms with Crippen LogP contribution in [0.25, 0.3) is 0 Å². The Bertz CT molecular complexity index is 5440. The number of thioether (sulfide) groups is 6. The van der Waals surface area contributed by atoms with Crippen molar-refractivity contribution in [2.24, 2.45) is 0 Å². The number of nitrogens with zero attached hydrogens (tertiary/aromatic N) is 6. The van der Waals surface area contributed by atoms with Crippen LogP contribution in [0.2, 0.25) is 5.02 Å². The molecule has 137 heavy (non-hydrogen) atoms. The summed E-state index contributed by atoms with van der Waals surface area (Å²) in [6.45, 7) is 28.6. The van der Waals surface area contributed by atoms with Gasteiger partial charge in [-0.15, -0.1) is 0 Å². The molecule has 0 saturated carbocycles. The normalized spacial score (nSPS) is 10.5. The van der Waals surface area contributed by atoms with Gasteiger partial charge < -0.3 is 57.8 Å². The molecule has 0 bridgehead atoms. The van der Waals surface area contributed by atoms with Crippen LogP contribution in [-0.2, 0) is 39.6 Å². The summed E-state index contributed by atoms with van der Waals surface area (Å²) < 4.78 is 51.9. The lowest BCUT2D eigenvalue weighted by molar-refractivity contribution is 0.265. The summed E-state index contributed by atoms with van der Waals surface area (Å²) in [5.74, 6) is 4.64. The molecule has 12 aromatic carbocycles. The smallest absolute Gasteiger partial charge is 0.285 e. The third-order valence-electron chi connectivity index (χ3n) is 21.8. The maximum Gasteiger partial charge on any atom is 0.285 e. The molecular formula is C109H124BrClFIN6O12S6. The summed E-state index contributed by atoms with van der Waals surface area (Å²) in [5.41, 5.74) is 24.8. The van der Waals surface area contributed by atoms with Gasteiger partial charge in [-0.3, -0.25) is 28.8 Å². The molecule has 0 aliphatic rings. The Balaban J connectivity index is 0.000000224. The number of carbonyl (C=O) groups is 6. The predicted molar refractivity (Wildman–Crippen MR) is 594 cm³/mol. The van der Waals surface area contributed by atoms with E-state index >= 15 is 0 Å². The number of hydrogen-bond donors (Lipinski definition) is 0. The number of benzene rings is 12. The van der Waals surface area contributed by atoms with Crippen LogP contribution in [0.1, 0.15) is 106 Å². The molecule has 726 valence electrons. The van der Waals surface area contributed by atoms with Gasteiger partial charge in [0.15, 0.2) is 0 Å². The van der Waals surface area contributed by atoms with E-state index in [1.54, 1.807) is 116 Å². The third-order valence-corrected chi connectivity index (χ3v) is 27.7. The van der Waals surface area contributed by atoms with Crippen molar-refractivity contribution in [3.8, 4) is 34.5 Å². The first kappa shape index (κ1) is 114. The molecule has 0 unspecified atom stereocenters. The number of halogens is 4. The monoisotopic (exact) mass is 2160 g/mol. The molecule has 0 aromatic heterocycles. The van der Waals surface area contributed by atoms with Gasteiger partial charge in [-0.25, -0.2) is 4.39 Å². The predicted octanol–water partition coefficient (Wildman–Crippen LogP) is 31.3. The van der Waals surface area contributed by atoms with Gasteiger partial charge in [0.1, 0.15) is 80.0 Å². The van der Waals surface area contributed by atoms with E-state index in [1.807, 2.05) is 238 Å². The molecule has 0 heterocycles. The fourth-order valence-electron chi connectivity index (χ4n) is 14.3. The number of rotatable bonds is 24. The average molecular weight is 2160 g/mol. The minimum Gasteiger partial charge on any atom is -0.489 e. The van der Waals surface area contributed by atoms with Crippen LogP contribution in [0.5, 0.6) is 34.5 Å². The minimum absolute atomic E-state index is 0.00383. The lowest BCUT2D eigenvalue weighted by Crippen LogP contribution is -2.23. The van der Waals surface area contributed by atoms with Crippen molar-refractivity contribution in [3.63, 3.8) is 0 Å². The summed E-state index contributed by atoms with van der Waals surface area (Å²) in [4.78, 5) is 81.3. The maximum atomic E-state index is 14.2. The fraction of sp³-hybridized carbons (Fsp3) is 0.284. The van der Waals surface area contributed by atoms with Gasteiger partial charge in [0, 0.05) is 88.7 Å². The molecule has 0 saturated heterocycles. The van der Waals surface area contributed by atoms with Gasteiger partial charge in [-0.2, -0.15) is 0 Å². The fourth-order valence-corrected chi connectivity index (χ4v) is 17.8. The van der Waals surface area contributed by atoms with Crippen LogP contribution in [0, 0.1) is 99.4 Å². The summed E-state index contributed by atoms with van der Waals surface area (Å²) in [5, 5.41) is 0.439. The van der Waals surface area contributed by atoms with E-state index in [9.17, 15) is 33.2 Å². The highest BCUT2D eigenvalue weighted by Gasteiger charge is 2.24. The SMILES string of the molecule is CSC(=O)N(C)c1cccc(Br)c1COc1ccc(C)cc1C.CSC(=O)N(C)c1cccc(C)c1COc1ccc(C)cc1C.CSC(=O)N(C)c1cccc(Cl)c1COc1ccc(C)cc1C.CSC(=O)N(C)c1cccc(F)c1COc1ccc(C)cc1C.CSC(=O)N(C)c1cccc(I)c1COc1ccc(C)cc1C.CSC(=O)N(C)c1ccccc1COc1ccc(C)cc1C. The van der Waals surface area contributed by atoms with Gasteiger partial charge in [0.2, 0.25) is 0 Å². The molecule has 0 fully saturated rings. The van der Waals surface area contributed by atoms with Crippen LogP contribution < -0.4 is 57.8 Å². The molecule has 0 aliphatic carbocycles. The van der Waals surface area contributed by atoms with Crippen molar-refractivity contribution in [1.82, 2.24) is 0 Å². The first-order valence-electron chi connectivity index (χ1n) is 43.6. The topological polar surface area (TPSA) is 177 Å². The second kappa shape index (κ2) is 56.7. The minimum atomic E-state index is -0.381. The number of anilines is 6. The van der Waals surface area contributed by atoms with E-state index in [2.05, 4.69) is 96.5 Å². The Hall–Kier alpha value is -10.2. The highest BCUT2D eigenvalue weighted by atomic mass is 127. The lowest BCUT2D eigenvalue weighted by Gasteiger charge is -2.21. The first-order valence-corrected chi connectivity index (χ1v) is 53.2. The molecule has 18 nitrogen and oxygen atoms in total. The van der Waals surface area contributed by atoms with E-state index in [1.165, 1.54) is 85.8 Å². The second-order valence-corrected chi connectivity index (χ2v) is 39.1. The van der Waals surface area contributed by atoms with Crippen molar-refractivity contribution < 1.29 is 61.6 Å². The summed E-state index contributed by atoms with van der Waals surface area (Å²) in [7, 11) is 10.5. The Kier molecular flexibility index (Phi) is 47.1. The van der Waals surface area contributed by atoms with E-state index in [0.717, 1.165) is 161 Å². The van der Waals surface area contributed by atoms with Crippen molar-refractivity contribution in [1.29, 1.82) is 0 Å². The van der Waals surface area contributed by atoms with Crippen molar-refractivity contribution >= 4 is 186 Å². The number of hydrogen-bond acceptors (Lipinski definition) is 18. The molecule has 12 rings (SSSR count). The molecule has 0 spiro atoms. The average Bonchev–Trinajstić information content (AvgIpc) is 0.802. The Labute approximate surface area is 862 Å². The highest BCUT2D eigenvalue weighted by Crippen LogP contribution is 2.38. The second-order valence-electron chi connectivity index (χ2n) is 32.2. The Morgan fingerprint density at radius 2 is 0.533 bits per heavy atom. The van der Waals surface area contributed by atoms with Crippen LogP contribution in [-0.4, -0.2) is 111 Å². The first-order chi connectivity index (χ1) is 65.2. The Morgan fingerprint density at radius 3 is 0.883 bits per heavy atom. The Morgan fingerprint density at radius 1 is 0.285 bits per heavy atom. The number of carbonyl (C=O) groups excluding carboxylic acids is 6. The zero-order chi connectivity index (χ0) is 101. The largest absolute Gasteiger partial charge is 0.489 e. The maximum absolute atomic E-state index is 14.2. The summed E-state index contributed by atoms with van der Waals surface area (Å²) in [6.07, 6.45) is 10.6. The molecule has 0 atom stereocenters. The number of ether oxygens (including phenoxy) is 6. The van der Waals surface area contributed by atoms with E-state index in [0.29, 0.717) is 55.1 Å². The summed E-state index contributed by atoms with van der Waals surface area (Å²) in [6, 6.07) is 72.2. The third kappa shape index (κ3) is 33.8. The van der Waals surface area contributed by atoms with Gasteiger partial charge >= 0.3 is 0 Å². The van der Waals surface area contributed by atoms with Crippen molar-refractivity contribution in [2.75, 3.05) is 109 Å². The summed E-state index contributed by atoms with van der Waals surface area (Å²) >= 11 is 19.2. The zero-order valence-corrected chi connectivity index (χ0v) is 92.0. The van der Waals surface area contributed by atoms with Crippen LogP contribution >= 0.6 is 121 Å². The van der Waals surface area contributed by atoms with Gasteiger partial charge in [-0.05, 0) is 286 Å². The van der Waals surface area contributed by atoms with Crippen molar-refractivity contribution in [3.05, 3.63) is 349 Å². The molecular weight excluding hydrogens is 2040 g/mol. The van der Waals surface area contributed by atoms with Crippen LogP contribution in [0.15, 0.2) is 229 Å². The molecule has 0 radical (unpaired) electrons. The number of aryl methyl sites for hydroxylation is 13. The van der Waals surface area contributed by atoms with E-state index in [-0.39, 0.29) is 43.9 Å². The van der Waals surface area contributed by atoms with Crippen LogP contribution in [0.4, 0.5) is 67.3 Å². The van der Waals surface area contributed by atoms with E-state index < -0.39 is 0 Å².